The molecule has 2 atom stereocenters. The third kappa shape index (κ3) is 3.84. The summed E-state index contributed by atoms with van der Waals surface area (Å²) in [5.41, 5.74) is 1.88. The molecule has 1 aliphatic rings. The molecule has 0 saturated carbocycles. The molecule has 114 valence electrons. The average Bonchev–Trinajstić information content (AvgIpc) is 2.89. The lowest BCUT2D eigenvalue weighted by molar-refractivity contribution is -0.131. The molecule has 1 aromatic carbocycles. The lowest BCUT2D eigenvalue weighted by atomic mass is 10.2. The summed E-state index contributed by atoms with van der Waals surface area (Å²) in [6.07, 6.45) is 2.80. The third-order valence-electron chi connectivity index (χ3n) is 3.58. The van der Waals surface area contributed by atoms with Crippen molar-refractivity contribution in [2.24, 2.45) is 0 Å². The van der Waals surface area contributed by atoms with Gasteiger partial charge in [-0.2, -0.15) is 0 Å². The van der Waals surface area contributed by atoms with Gasteiger partial charge in [0.1, 0.15) is 12.2 Å². The summed E-state index contributed by atoms with van der Waals surface area (Å²) >= 11 is 3.48. The molecule has 1 heterocycles. The van der Waals surface area contributed by atoms with Gasteiger partial charge in [-0.15, -0.1) is 0 Å². The Balaban J connectivity index is 2.15. The predicted octanol–water partition coefficient (Wildman–Crippen LogP) is 2.40. The minimum atomic E-state index is -0.962. The Kier molecular flexibility index (Phi) is 5.39. The van der Waals surface area contributed by atoms with Crippen molar-refractivity contribution >= 4 is 33.7 Å². The van der Waals surface area contributed by atoms with Crippen molar-refractivity contribution in [3.8, 4) is 0 Å². The fourth-order valence-corrected chi connectivity index (χ4v) is 2.92. The van der Waals surface area contributed by atoms with Crippen LogP contribution in [-0.2, 0) is 14.3 Å². The molecule has 21 heavy (non-hydrogen) atoms. The van der Waals surface area contributed by atoms with Gasteiger partial charge in [0, 0.05) is 43.5 Å². The second-order valence-electron chi connectivity index (χ2n) is 4.83. The standard InChI is InChI=1S/C15H18BrNO4/c1-20-13-8-17(9-14(13)21-2)11-5-3-10(12(16)7-11)4-6-15(18)19/h3-7,13-14H,8-9H2,1-2H3,(H,18,19)/b6-4+. The number of aliphatic carboxylic acids is 1. The van der Waals surface area contributed by atoms with Gasteiger partial charge in [0.25, 0.3) is 0 Å². The molecule has 2 rings (SSSR count). The van der Waals surface area contributed by atoms with E-state index >= 15 is 0 Å². The number of benzene rings is 1. The highest BCUT2D eigenvalue weighted by Gasteiger charge is 2.33. The van der Waals surface area contributed by atoms with E-state index in [0.717, 1.165) is 34.9 Å². The van der Waals surface area contributed by atoms with Crippen molar-refractivity contribution in [1.29, 1.82) is 0 Å². The summed E-state index contributed by atoms with van der Waals surface area (Å²) in [7, 11) is 3.38. The van der Waals surface area contributed by atoms with Gasteiger partial charge in [-0.3, -0.25) is 0 Å². The summed E-state index contributed by atoms with van der Waals surface area (Å²) < 4.78 is 11.7. The van der Waals surface area contributed by atoms with Crippen LogP contribution in [0, 0.1) is 0 Å². The second kappa shape index (κ2) is 7.06. The molecule has 1 aromatic rings. The highest BCUT2D eigenvalue weighted by Crippen LogP contribution is 2.28. The summed E-state index contributed by atoms with van der Waals surface area (Å²) in [5.74, 6) is -0.962. The largest absolute Gasteiger partial charge is 0.478 e. The topological polar surface area (TPSA) is 59.0 Å². The van der Waals surface area contributed by atoms with E-state index < -0.39 is 5.97 Å². The number of hydrogen-bond donors (Lipinski definition) is 1. The first-order valence-electron chi connectivity index (χ1n) is 6.56. The van der Waals surface area contributed by atoms with Crippen LogP contribution in [-0.4, -0.2) is 50.6 Å². The number of halogens is 1. The molecule has 0 aromatic heterocycles. The first kappa shape index (κ1) is 16.0. The minimum Gasteiger partial charge on any atom is -0.478 e. The molecule has 0 radical (unpaired) electrons. The fraction of sp³-hybridized carbons (Fsp3) is 0.400. The molecule has 1 N–H and O–H groups in total. The van der Waals surface area contributed by atoms with Gasteiger partial charge in [-0.25, -0.2) is 4.79 Å². The number of anilines is 1. The highest BCUT2D eigenvalue weighted by molar-refractivity contribution is 9.10. The van der Waals surface area contributed by atoms with Gasteiger partial charge in [0.05, 0.1) is 0 Å². The molecule has 6 heteroatoms. The summed E-state index contributed by atoms with van der Waals surface area (Å²) in [5, 5.41) is 8.67. The molecule has 5 nitrogen and oxygen atoms in total. The van der Waals surface area contributed by atoms with E-state index in [1.165, 1.54) is 0 Å². The second-order valence-corrected chi connectivity index (χ2v) is 5.69. The quantitative estimate of drug-likeness (QED) is 0.821. The monoisotopic (exact) mass is 355 g/mol. The van der Waals surface area contributed by atoms with Gasteiger partial charge in [0.2, 0.25) is 0 Å². The molecular weight excluding hydrogens is 338 g/mol. The molecule has 1 fully saturated rings. The van der Waals surface area contributed by atoms with Crippen LogP contribution in [0.15, 0.2) is 28.7 Å². The number of rotatable bonds is 5. The molecule has 1 saturated heterocycles. The maximum atomic E-state index is 10.6. The van der Waals surface area contributed by atoms with E-state index in [4.69, 9.17) is 14.6 Å². The van der Waals surface area contributed by atoms with Crippen molar-refractivity contribution in [2.45, 2.75) is 12.2 Å². The Morgan fingerprint density at radius 3 is 2.43 bits per heavy atom. The number of nitrogens with zero attached hydrogens (tertiary/aromatic N) is 1. The first-order chi connectivity index (χ1) is 10.0. The number of hydrogen-bond acceptors (Lipinski definition) is 4. The maximum absolute atomic E-state index is 10.6. The Hall–Kier alpha value is -1.37. The lowest BCUT2D eigenvalue weighted by Crippen LogP contribution is -2.27. The lowest BCUT2D eigenvalue weighted by Gasteiger charge is -2.18. The fourth-order valence-electron chi connectivity index (χ4n) is 2.42. The van der Waals surface area contributed by atoms with E-state index in [0.29, 0.717) is 0 Å². The Morgan fingerprint density at radius 2 is 1.95 bits per heavy atom. The van der Waals surface area contributed by atoms with E-state index in [9.17, 15) is 4.79 Å². The molecule has 0 amide bonds. The number of methoxy groups -OCH3 is 2. The number of carbonyl (C=O) groups is 1. The van der Waals surface area contributed by atoms with E-state index in [1.54, 1.807) is 20.3 Å². The number of ether oxygens (including phenoxy) is 2. The normalized spacial score (nSPS) is 22.1. The van der Waals surface area contributed by atoms with Crippen LogP contribution < -0.4 is 4.90 Å². The van der Waals surface area contributed by atoms with E-state index in [2.05, 4.69) is 20.8 Å². The van der Waals surface area contributed by atoms with E-state index in [1.807, 2.05) is 18.2 Å². The van der Waals surface area contributed by atoms with Crippen LogP contribution in [0.5, 0.6) is 0 Å². The third-order valence-corrected chi connectivity index (χ3v) is 4.26. The number of carboxylic acids is 1. The first-order valence-corrected chi connectivity index (χ1v) is 7.35. The summed E-state index contributed by atoms with van der Waals surface area (Å²) in [6, 6.07) is 5.84. The van der Waals surface area contributed by atoms with E-state index in [-0.39, 0.29) is 12.2 Å². The Morgan fingerprint density at radius 1 is 1.33 bits per heavy atom. The SMILES string of the molecule is COC1CN(c2ccc(/C=C/C(=O)O)c(Br)c2)CC1OC. The number of carboxylic acid groups (broad SMARTS) is 1. The zero-order chi connectivity index (χ0) is 15.4. The van der Waals surface area contributed by atoms with Crippen molar-refractivity contribution in [1.82, 2.24) is 0 Å². The molecule has 1 aliphatic heterocycles. The Bertz CT molecular complexity index is 534. The predicted molar refractivity (Wildman–Crippen MR) is 84.6 cm³/mol. The van der Waals surface area contributed by atoms with Crippen LogP contribution in [0.1, 0.15) is 5.56 Å². The minimum absolute atomic E-state index is 0.0559. The van der Waals surface area contributed by atoms with Crippen LogP contribution in [0.2, 0.25) is 0 Å². The van der Waals surface area contributed by atoms with Crippen LogP contribution >= 0.6 is 15.9 Å². The van der Waals surface area contributed by atoms with Gasteiger partial charge >= 0.3 is 5.97 Å². The molecule has 0 aliphatic carbocycles. The summed E-state index contributed by atoms with van der Waals surface area (Å²) in [4.78, 5) is 12.8. The average molecular weight is 356 g/mol. The molecule has 0 spiro atoms. The van der Waals surface area contributed by atoms with Crippen LogP contribution in [0.3, 0.4) is 0 Å². The van der Waals surface area contributed by atoms with Crippen molar-refractivity contribution in [3.05, 3.63) is 34.3 Å². The highest BCUT2D eigenvalue weighted by atomic mass is 79.9. The van der Waals surface area contributed by atoms with Gasteiger partial charge in [0.15, 0.2) is 0 Å². The van der Waals surface area contributed by atoms with Gasteiger partial charge in [-0.05, 0) is 23.8 Å². The van der Waals surface area contributed by atoms with Gasteiger partial charge in [-0.1, -0.05) is 22.0 Å². The molecule has 2 unspecified atom stereocenters. The van der Waals surface area contributed by atoms with Crippen molar-refractivity contribution in [3.63, 3.8) is 0 Å². The summed E-state index contributed by atoms with van der Waals surface area (Å²) in [6.45, 7) is 1.54. The van der Waals surface area contributed by atoms with Crippen LogP contribution in [0.4, 0.5) is 5.69 Å². The Labute approximate surface area is 132 Å². The molecule has 0 bridgehead atoms. The van der Waals surface area contributed by atoms with Crippen LogP contribution in [0.25, 0.3) is 6.08 Å². The van der Waals surface area contributed by atoms with Gasteiger partial charge < -0.3 is 19.5 Å². The zero-order valence-corrected chi connectivity index (χ0v) is 13.5. The smallest absolute Gasteiger partial charge is 0.328 e. The van der Waals surface area contributed by atoms with Crippen molar-refractivity contribution < 1.29 is 19.4 Å². The van der Waals surface area contributed by atoms with Crippen molar-refractivity contribution in [2.75, 3.05) is 32.2 Å². The maximum Gasteiger partial charge on any atom is 0.328 e. The zero-order valence-electron chi connectivity index (χ0n) is 12.0. The molecular formula is C15H18BrNO4.